The second-order valence-corrected chi connectivity index (χ2v) is 3.65. The third-order valence-corrected chi connectivity index (χ3v) is 2.39. The highest BCUT2D eigenvalue weighted by molar-refractivity contribution is 9.10. The molecule has 0 bridgehead atoms. The van der Waals surface area contributed by atoms with Gasteiger partial charge in [0.2, 0.25) is 0 Å². The Labute approximate surface area is 88.5 Å². The van der Waals surface area contributed by atoms with Crippen molar-refractivity contribution < 1.29 is 9.90 Å². The topological polar surface area (TPSA) is 50.2 Å². The van der Waals surface area contributed by atoms with E-state index in [1.807, 2.05) is 6.07 Å². The van der Waals surface area contributed by atoms with Crippen LogP contribution < -0.4 is 0 Å². The first-order valence-corrected chi connectivity index (χ1v) is 4.75. The maximum Gasteiger partial charge on any atom is 0.336 e. The van der Waals surface area contributed by atoms with Crippen molar-refractivity contribution in [3.05, 3.63) is 40.6 Å². The van der Waals surface area contributed by atoms with Crippen molar-refractivity contribution in [1.29, 1.82) is 0 Å². The van der Waals surface area contributed by atoms with E-state index in [0.717, 1.165) is 5.39 Å². The van der Waals surface area contributed by atoms with E-state index in [4.69, 9.17) is 5.11 Å². The first-order valence-electron chi connectivity index (χ1n) is 3.96. The van der Waals surface area contributed by atoms with E-state index in [2.05, 4.69) is 20.9 Å². The van der Waals surface area contributed by atoms with Gasteiger partial charge in [0.25, 0.3) is 0 Å². The summed E-state index contributed by atoms with van der Waals surface area (Å²) in [4.78, 5) is 14.9. The Morgan fingerprint density at radius 3 is 2.93 bits per heavy atom. The molecule has 0 spiro atoms. The molecule has 0 radical (unpaired) electrons. The number of carboxylic acids is 1. The standard InChI is InChI=1S/C10H6BrNO2/c11-9-4-8-6(5-12-9)2-1-3-7(8)10(13)14/h1-5H,(H,13,14). The molecule has 0 amide bonds. The first-order chi connectivity index (χ1) is 6.68. The zero-order chi connectivity index (χ0) is 10.1. The van der Waals surface area contributed by atoms with E-state index < -0.39 is 5.97 Å². The molecule has 0 aliphatic rings. The summed E-state index contributed by atoms with van der Waals surface area (Å²) >= 11 is 3.21. The number of aromatic nitrogens is 1. The van der Waals surface area contributed by atoms with Crippen molar-refractivity contribution in [2.45, 2.75) is 0 Å². The van der Waals surface area contributed by atoms with E-state index in [9.17, 15) is 4.79 Å². The minimum Gasteiger partial charge on any atom is -0.478 e. The van der Waals surface area contributed by atoms with Crippen molar-refractivity contribution in [1.82, 2.24) is 4.98 Å². The number of carboxylic acid groups (broad SMARTS) is 1. The number of nitrogens with zero attached hydrogens (tertiary/aromatic N) is 1. The summed E-state index contributed by atoms with van der Waals surface area (Å²) in [5, 5.41) is 10.5. The van der Waals surface area contributed by atoms with Crippen molar-refractivity contribution in [2.75, 3.05) is 0 Å². The number of fused-ring (bicyclic) bond motifs is 1. The molecule has 0 unspecified atom stereocenters. The van der Waals surface area contributed by atoms with Crippen molar-refractivity contribution in [3.8, 4) is 0 Å². The van der Waals surface area contributed by atoms with Crippen molar-refractivity contribution in [2.24, 2.45) is 0 Å². The Morgan fingerprint density at radius 2 is 2.21 bits per heavy atom. The van der Waals surface area contributed by atoms with Crippen LogP contribution in [0.15, 0.2) is 35.1 Å². The largest absolute Gasteiger partial charge is 0.478 e. The molecule has 0 atom stereocenters. The fraction of sp³-hybridized carbons (Fsp3) is 0. The van der Waals surface area contributed by atoms with E-state index in [0.29, 0.717) is 15.6 Å². The van der Waals surface area contributed by atoms with Crippen LogP contribution in [-0.2, 0) is 0 Å². The molecule has 1 heterocycles. The lowest BCUT2D eigenvalue weighted by atomic mass is 10.1. The van der Waals surface area contributed by atoms with Crippen LogP contribution in [0, 0.1) is 0 Å². The molecule has 3 nitrogen and oxygen atoms in total. The summed E-state index contributed by atoms with van der Waals surface area (Å²) in [6.07, 6.45) is 1.64. The van der Waals surface area contributed by atoms with Gasteiger partial charge in [0.05, 0.1) is 5.56 Å². The smallest absolute Gasteiger partial charge is 0.336 e. The Balaban J connectivity index is 2.84. The van der Waals surface area contributed by atoms with Crippen LogP contribution in [-0.4, -0.2) is 16.1 Å². The lowest BCUT2D eigenvalue weighted by Crippen LogP contribution is -1.97. The van der Waals surface area contributed by atoms with Crippen LogP contribution in [0.3, 0.4) is 0 Å². The molecule has 14 heavy (non-hydrogen) atoms. The molecular weight excluding hydrogens is 246 g/mol. The normalized spacial score (nSPS) is 10.4. The summed E-state index contributed by atoms with van der Waals surface area (Å²) < 4.78 is 0.638. The van der Waals surface area contributed by atoms with E-state index >= 15 is 0 Å². The summed E-state index contributed by atoms with van der Waals surface area (Å²) in [6.45, 7) is 0. The Kier molecular flexibility index (Phi) is 2.21. The van der Waals surface area contributed by atoms with Crippen LogP contribution in [0.25, 0.3) is 10.8 Å². The van der Waals surface area contributed by atoms with Gasteiger partial charge < -0.3 is 5.11 Å². The lowest BCUT2D eigenvalue weighted by Gasteiger charge is -2.01. The van der Waals surface area contributed by atoms with Crippen LogP contribution in [0.1, 0.15) is 10.4 Å². The second kappa shape index (κ2) is 3.38. The zero-order valence-electron chi connectivity index (χ0n) is 7.07. The molecule has 1 aromatic carbocycles. The number of aromatic carboxylic acids is 1. The number of hydrogen-bond donors (Lipinski definition) is 1. The van der Waals surface area contributed by atoms with Gasteiger partial charge in [0.15, 0.2) is 0 Å². The number of halogens is 1. The van der Waals surface area contributed by atoms with Gasteiger partial charge in [0.1, 0.15) is 4.60 Å². The van der Waals surface area contributed by atoms with Crippen LogP contribution in [0.5, 0.6) is 0 Å². The Bertz CT molecular complexity index is 510. The average molecular weight is 252 g/mol. The SMILES string of the molecule is O=C(O)c1cccc2cnc(Br)cc12. The zero-order valence-corrected chi connectivity index (χ0v) is 8.65. The highest BCUT2D eigenvalue weighted by Gasteiger charge is 2.07. The highest BCUT2D eigenvalue weighted by atomic mass is 79.9. The monoisotopic (exact) mass is 251 g/mol. The number of benzene rings is 1. The molecule has 0 fully saturated rings. The lowest BCUT2D eigenvalue weighted by molar-refractivity contribution is 0.0699. The molecule has 70 valence electrons. The Morgan fingerprint density at radius 1 is 1.43 bits per heavy atom. The van der Waals surface area contributed by atoms with Crippen LogP contribution in [0.2, 0.25) is 0 Å². The van der Waals surface area contributed by atoms with Gasteiger partial charge in [-0.15, -0.1) is 0 Å². The molecule has 2 aromatic rings. The maximum atomic E-state index is 10.9. The fourth-order valence-corrected chi connectivity index (χ4v) is 1.66. The molecule has 0 aliphatic heterocycles. The number of pyridine rings is 1. The molecular formula is C10H6BrNO2. The van der Waals surface area contributed by atoms with Crippen LogP contribution >= 0.6 is 15.9 Å². The quantitative estimate of drug-likeness (QED) is 0.794. The molecule has 4 heteroatoms. The molecule has 2 rings (SSSR count). The average Bonchev–Trinajstić information content (AvgIpc) is 2.16. The van der Waals surface area contributed by atoms with E-state index in [1.54, 1.807) is 24.4 Å². The molecule has 0 saturated heterocycles. The molecule has 1 N–H and O–H groups in total. The molecule has 0 aliphatic carbocycles. The van der Waals surface area contributed by atoms with Gasteiger partial charge >= 0.3 is 5.97 Å². The van der Waals surface area contributed by atoms with E-state index in [-0.39, 0.29) is 0 Å². The third-order valence-electron chi connectivity index (χ3n) is 1.96. The minimum atomic E-state index is -0.923. The number of carbonyl (C=O) groups is 1. The Hall–Kier alpha value is -1.42. The van der Waals surface area contributed by atoms with Crippen LogP contribution in [0.4, 0.5) is 0 Å². The van der Waals surface area contributed by atoms with Gasteiger partial charge in [-0.1, -0.05) is 12.1 Å². The van der Waals surface area contributed by atoms with Crippen molar-refractivity contribution in [3.63, 3.8) is 0 Å². The summed E-state index contributed by atoms with van der Waals surface area (Å²) in [6, 6.07) is 6.83. The van der Waals surface area contributed by atoms with Gasteiger partial charge in [-0.2, -0.15) is 0 Å². The molecule has 1 aromatic heterocycles. The van der Waals surface area contributed by atoms with Gasteiger partial charge in [0, 0.05) is 17.0 Å². The predicted molar refractivity (Wildman–Crippen MR) is 56.4 cm³/mol. The third kappa shape index (κ3) is 1.48. The van der Waals surface area contributed by atoms with Gasteiger partial charge in [-0.25, -0.2) is 9.78 Å². The number of hydrogen-bond acceptors (Lipinski definition) is 2. The second-order valence-electron chi connectivity index (χ2n) is 2.84. The van der Waals surface area contributed by atoms with E-state index in [1.165, 1.54) is 0 Å². The minimum absolute atomic E-state index is 0.297. The number of rotatable bonds is 1. The summed E-state index contributed by atoms with van der Waals surface area (Å²) in [5.74, 6) is -0.923. The first kappa shape index (κ1) is 9.15. The summed E-state index contributed by atoms with van der Waals surface area (Å²) in [5.41, 5.74) is 0.297. The fourth-order valence-electron chi connectivity index (χ4n) is 1.33. The van der Waals surface area contributed by atoms with Gasteiger partial charge in [-0.3, -0.25) is 0 Å². The van der Waals surface area contributed by atoms with Crippen molar-refractivity contribution >= 4 is 32.7 Å². The van der Waals surface area contributed by atoms with Gasteiger partial charge in [-0.05, 0) is 28.1 Å². The molecule has 0 saturated carbocycles. The highest BCUT2D eigenvalue weighted by Crippen LogP contribution is 2.21. The predicted octanol–water partition coefficient (Wildman–Crippen LogP) is 2.70. The summed E-state index contributed by atoms with van der Waals surface area (Å²) in [7, 11) is 0. The maximum absolute atomic E-state index is 10.9.